The normalized spacial score (nSPS) is 16.1. The molecule has 0 saturated heterocycles. The van der Waals surface area contributed by atoms with Crippen LogP contribution in [-0.4, -0.2) is 44.0 Å². The molecule has 5 rings (SSSR count). The molecular weight excluding hydrogens is 531 g/mol. The van der Waals surface area contributed by atoms with Crippen molar-refractivity contribution in [2.24, 2.45) is 0 Å². The maximum Gasteiger partial charge on any atom is 0.243 e. The van der Waals surface area contributed by atoms with Crippen molar-refractivity contribution >= 4 is 52.0 Å². The first-order chi connectivity index (χ1) is 18.2. The Balaban J connectivity index is 1.28. The number of benzene rings is 1. The number of aromatic nitrogens is 3. The first-order valence-electron chi connectivity index (χ1n) is 12.0. The predicted octanol–water partition coefficient (Wildman–Crippen LogP) is 4.14. The molecule has 2 N–H and O–H groups in total. The van der Waals surface area contributed by atoms with E-state index in [0.29, 0.717) is 48.1 Å². The molecule has 2 aliphatic carbocycles. The van der Waals surface area contributed by atoms with Crippen LogP contribution in [0.1, 0.15) is 31.4 Å². The molecule has 2 aromatic heterocycles. The fraction of sp³-hybridized carbons (Fsp3) is 0.231. The van der Waals surface area contributed by atoms with E-state index in [1.54, 1.807) is 10.7 Å². The van der Waals surface area contributed by atoms with E-state index in [9.17, 15) is 17.2 Å². The van der Waals surface area contributed by atoms with Crippen LogP contribution in [0.3, 0.4) is 0 Å². The number of hydrogen-bond donors (Lipinski definition) is 2. The summed E-state index contributed by atoms with van der Waals surface area (Å²) in [5.74, 6) is -1.26. The zero-order valence-corrected chi connectivity index (χ0v) is 21.8. The number of nitrogens with one attached hydrogen (secondary N) is 2. The van der Waals surface area contributed by atoms with E-state index in [-0.39, 0.29) is 6.54 Å². The molecule has 3 aromatic rings. The third kappa shape index (κ3) is 5.60. The van der Waals surface area contributed by atoms with Gasteiger partial charge in [-0.3, -0.25) is 0 Å². The molecule has 0 amide bonds. The fourth-order valence-corrected chi connectivity index (χ4v) is 5.65. The van der Waals surface area contributed by atoms with Crippen LogP contribution < -0.4 is 15.5 Å². The predicted molar refractivity (Wildman–Crippen MR) is 145 cm³/mol. The van der Waals surface area contributed by atoms with Gasteiger partial charge in [-0.05, 0) is 43.3 Å². The van der Waals surface area contributed by atoms with E-state index in [0.717, 1.165) is 46.7 Å². The van der Waals surface area contributed by atoms with Gasteiger partial charge in [-0.2, -0.15) is 9.61 Å². The SMILES string of the molecule is [B]c1cnn2c(NCC3=CC=C(CNS(=O)(=O)c4ccc(F)cc4F)CC3)cc(C3=C(Cl)CCC=C3)nc12. The molecule has 2 aliphatic rings. The lowest BCUT2D eigenvalue weighted by Gasteiger charge is -2.18. The van der Waals surface area contributed by atoms with Gasteiger partial charge in [0.15, 0.2) is 5.65 Å². The second-order valence-electron chi connectivity index (χ2n) is 9.02. The molecule has 12 heteroatoms. The van der Waals surface area contributed by atoms with Crippen LogP contribution in [0.15, 0.2) is 75.8 Å². The van der Waals surface area contributed by atoms with Gasteiger partial charge < -0.3 is 5.32 Å². The Hall–Kier alpha value is -3.28. The van der Waals surface area contributed by atoms with Gasteiger partial charge in [-0.1, -0.05) is 47.1 Å². The molecule has 0 fully saturated rings. The van der Waals surface area contributed by atoms with Crippen molar-refractivity contribution in [1.29, 1.82) is 0 Å². The van der Waals surface area contributed by atoms with Crippen molar-refractivity contribution in [3.63, 3.8) is 0 Å². The van der Waals surface area contributed by atoms with Gasteiger partial charge in [0.05, 0.1) is 5.69 Å². The van der Waals surface area contributed by atoms with Gasteiger partial charge in [0, 0.05) is 42.0 Å². The second kappa shape index (κ2) is 10.8. The molecule has 38 heavy (non-hydrogen) atoms. The van der Waals surface area contributed by atoms with Crippen LogP contribution in [0.25, 0.3) is 11.2 Å². The Morgan fingerprint density at radius 2 is 1.84 bits per heavy atom. The Bertz CT molecular complexity index is 1650. The summed E-state index contributed by atoms with van der Waals surface area (Å²) in [5, 5.41) is 8.49. The minimum atomic E-state index is -4.11. The van der Waals surface area contributed by atoms with Crippen LogP contribution in [0, 0.1) is 11.6 Å². The number of hydrogen-bond acceptors (Lipinski definition) is 5. The molecule has 0 bridgehead atoms. The Kier molecular flexibility index (Phi) is 7.51. The molecule has 0 atom stereocenters. The number of sulfonamides is 1. The van der Waals surface area contributed by atoms with Gasteiger partial charge in [0.2, 0.25) is 10.0 Å². The van der Waals surface area contributed by atoms with Crippen LogP contribution in [0.5, 0.6) is 0 Å². The van der Waals surface area contributed by atoms with E-state index in [1.165, 1.54) is 0 Å². The zero-order chi connectivity index (χ0) is 26.9. The van der Waals surface area contributed by atoms with Crippen LogP contribution >= 0.6 is 11.6 Å². The van der Waals surface area contributed by atoms with E-state index in [1.807, 2.05) is 24.3 Å². The number of fused-ring (bicyclic) bond motifs is 1. The zero-order valence-electron chi connectivity index (χ0n) is 20.2. The third-order valence-electron chi connectivity index (χ3n) is 6.37. The summed E-state index contributed by atoms with van der Waals surface area (Å²) in [7, 11) is 1.99. The molecule has 194 valence electrons. The van der Waals surface area contributed by atoms with Crippen LogP contribution in [0.4, 0.5) is 14.6 Å². The first kappa shape index (κ1) is 26.3. The van der Waals surface area contributed by atoms with Crippen molar-refractivity contribution in [2.45, 2.75) is 30.6 Å². The lowest BCUT2D eigenvalue weighted by atomic mass is 9.98. The minimum Gasteiger partial charge on any atom is -0.366 e. The Morgan fingerprint density at radius 3 is 2.55 bits per heavy atom. The largest absolute Gasteiger partial charge is 0.366 e. The standard InChI is InChI=1S/C26H23BClF2N5O2S/c27-20-15-32-35-25(12-23(34-26(20)35)19-3-1-2-4-21(19)28)31-13-16-5-7-17(8-6-16)14-33-38(36,37)24-10-9-18(29)11-22(24)30/h1,3,5,7,9-12,15,31,33H,2,4,6,8,13-14H2. The number of anilines is 1. The van der Waals surface area contributed by atoms with Crippen molar-refractivity contribution in [3.05, 3.63) is 88.3 Å². The number of nitrogens with zero attached hydrogens (tertiary/aromatic N) is 3. The van der Waals surface area contributed by atoms with E-state index >= 15 is 0 Å². The molecule has 0 aliphatic heterocycles. The smallest absolute Gasteiger partial charge is 0.243 e. The van der Waals surface area contributed by atoms with E-state index < -0.39 is 26.6 Å². The van der Waals surface area contributed by atoms with Gasteiger partial charge in [-0.15, -0.1) is 0 Å². The minimum absolute atomic E-state index is 0.0284. The molecular formula is C26H23BClF2N5O2S. The molecule has 0 unspecified atom stereocenters. The summed E-state index contributed by atoms with van der Waals surface area (Å²) in [4.78, 5) is 4.08. The number of allylic oxidation sites excluding steroid dienone is 6. The van der Waals surface area contributed by atoms with Crippen LogP contribution in [-0.2, 0) is 10.0 Å². The average Bonchev–Trinajstić information content (AvgIpc) is 3.27. The van der Waals surface area contributed by atoms with Gasteiger partial charge in [0.1, 0.15) is 30.2 Å². The maximum atomic E-state index is 13.9. The van der Waals surface area contributed by atoms with Crippen molar-refractivity contribution in [3.8, 4) is 0 Å². The van der Waals surface area contributed by atoms with Crippen molar-refractivity contribution < 1.29 is 17.2 Å². The fourth-order valence-electron chi connectivity index (χ4n) is 4.29. The third-order valence-corrected chi connectivity index (χ3v) is 8.20. The maximum absolute atomic E-state index is 13.9. The second-order valence-corrected chi connectivity index (χ2v) is 11.2. The van der Waals surface area contributed by atoms with Crippen molar-refractivity contribution in [2.75, 3.05) is 18.4 Å². The van der Waals surface area contributed by atoms with E-state index in [4.69, 9.17) is 19.4 Å². The highest BCUT2D eigenvalue weighted by molar-refractivity contribution is 7.89. The lowest BCUT2D eigenvalue weighted by Crippen LogP contribution is -2.27. The molecule has 0 saturated carbocycles. The molecule has 7 nitrogen and oxygen atoms in total. The highest BCUT2D eigenvalue weighted by Crippen LogP contribution is 2.30. The first-order valence-corrected chi connectivity index (χ1v) is 13.8. The lowest BCUT2D eigenvalue weighted by molar-refractivity contribution is 0.544. The number of halogens is 3. The summed E-state index contributed by atoms with van der Waals surface area (Å²) in [6.07, 6.45) is 12.3. The summed E-state index contributed by atoms with van der Waals surface area (Å²) in [6.45, 7) is 0.553. The summed E-state index contributed by atoms with van der Waals surface area (Å²) < 4.78 is 55.9. The quantitative estimate of drug-likeness (QED) is 0.410. The topological polar surface area (TPSA) is 88.4 Å². The molecule has 2 radical (unpaired) electrons. The number of rotatable bonds is 8. The molecule has 2 heterocycles. The average molecular weight is 554 g/mol. The highest BCUT2D eigenvalue weighted by Gasteiger charge is 2.20. The highest BCUT2D eigenvalue weighted by atomic mass is 35.5. The monoisotopic (exact) mass is 553 g/mol. The molecule has 0 spiro atoms. The van der Waals surface area contributed by atoms with Gasteiger partial charge >= 0.3 is 0 Å². The summed E-state index contributed by atoms with van der Waals surface area (Å²) >= 11 is 6.47. The van der Waals surface area contributed by atoms with E-state index in [2.05, 4.69) is 26.2 Å². The van der Waals surface area contributed by atoms with Gasteiger partial charge in [-0.25, -0.2) is 26.9 Å². The Labute approximate surface area is 225 Å². The molecule has 1 aromatic carbocycles. The van der Waals surface area contributed by atoms with Crippen LogP contribution in [0.2, 0.25) is 0 Å². The summed E-state index contributed by atoms with van der Waals surface area (Å²) in [5.41, 5.74) is 4.50. The Morgan fingerprint density at radius 1 is 1.08 bits per heavy atom. The van der Waals surface area contributed by atoms with Gasteiger partial charge in [0.25, 0.3) is 0 Å². The summed E-state index contributed by atoms with van der Waals surface area (Å²) in [6, 6.07) is 4.26. The van der Waals surface area contributed by atoms with Crippen molar-refractivity contribution in [1.82, 2.24) is 19.3 Å².